The molecule has 1 aliphatic rings. The Bertz CT molecular complexity index is 1190. The number of morpholine rings is 1. The van der Waals surface area contributed by atoms with Gasteiger partial charge in [-0.1, -0.05) is 22.0 Å². The van der Waals surface area contributed by atoms with E-state index in [9.17, 15) is 15.2 Å². The molecule has 1 fully saturated rings. The van der Waals surface area contributed by atoms with Gasteiger partial charge in [0.15, 0.2) is 5.75 Å². The summed E-state index contributed by atoms with van der Waals surface area (Å²) >= 11 is 3.44. The molecule has 2 heterocycles. The first kappa shape index (κ1) is 22.4. The smallest absolute Gasteiger partial charge is 0.311 e. The van der Waals surface area contributed by atoms with Crippen LogP contribution < -0.4 is 15.6 Å². The Balaban J connectivity index is 1.57. The number of nitrogens with one attached hydrogen (secondary N) is 2. The molecule has 4 rings (SSSR count). The Kier molecular flexibility index (Phi) is 6.90. The van der Waals surface area contributed by atoms with Crippen LogP contribution >= 0.6 is 15.9 Å². The second kappa shape index (κ2) is 10.2. The fraction of sp³-hybridized carbons (Fsp3) is 0.200. The highest BCUT2D eigenvalue weighted by Gasteiger charge is 2.17. The summed E-state index contributed by atoms with van der Waals surface area (Å²) in [5, 5.41) is 27.8. The number of ether oxygens (including phenoxy) is 1. The van der Waals surface area contributed by atoms with Crippen molar-refractivity contribution >= 4 is 51.4 Å². The molecular weight excluding hydrogens is 496 g/mol. The zero-order valence-electron chi connectivity index (χ0n) is 17.2. The van der Waals surface area contributed by atoms with Gasteiger partial charge in [-0.3, -0.25) is 10.1 Å². The number of nitro groups is 1. The van der Waals surface area contributed by atoms with Crippen molar-refractivity contribution in [3.05, 3.63) is 62.6 Å². The lowest BCUT2D eigenvalue weighted by Gasteiger charge is -2.27. The number of benzene rings is 2. The van der Waals surface area contributed by atoms with Gasteiger partial charge in [0.25, 0.3) is 0 Å². The topological polar surface area (TPSA) is 151 Å². The third-order valence-electron chi connectivity index (χ3n) is 4.57. The average Bonchev–Trinajstić information content (AvgIpc) is 2.80. The number of phenols is 1. The molecule has 0 unspecified atom stereocenters. The van der Waals surface area contributed by atoms with Crippen LogP contribution in [0.4, 0.5) is 29.2 Å². The summed E-state index contributed by atoms with van der Waals surface area (Å²) in [6.07, 6.45) is 1.37. The van der Waals surface area contributed by atoms with Gasteiger partial charge in [0, 0.05) is 34.9 Å². The molecule has 12 nitrogen and oxygen atoms in total. The van der Waals surface area contributed by atoms with Crippen molar-refractivity contribution in [1.82, 2.24) is 15.0 Å². The first-order valence-electron chi connectivity index (χ1n) is 9.86. The standard InChI is InChI=1S/C20H19BrN8O4/c21-14-2-1-3-15(11-14)23-18-24-19(26-20(25-18)28-6-8-33-9-7-28)27-22-12-13-4-5-17(30)16(10-13)29(31)32/h1-5,10-12,30H,6-9H2,(H2,23,24,25,26,27). The van der Waals surface area contributed by atoms with Gasteiger partial charge in [0.2, 0.25) is 17.8 Å². The molecule has 1 aliphatic heterocycles. The van der Waals surface area contributed by atoms with E-state index < -0.39 is 16.4 Å². The Morgan fingerprint density at radius 1 is 1.15 bits per heavy atom. The van der Waals surface area contributed by atoms with Crippen molar-refractivity contribution in [3.8, 4) is 5.75 Å². The molecule has 3 N–H and O–H groups in total. The molecule has 33 heavy (non-hydrogen) atoms. The van der Waals surface area contributed by atoms with E-state index in [1.165, 1.54) is 24.4 Å². The normalized spacial score (nSPS) is 13.8. The van der Waals surface area contributed by atoms with Crippen LogP contribution in [0.25, 0.3) is 0 Å². The lowest BCUT2D eigenvalue weighted by molar-refractivity contribution is -0.385. The van der Waals surface area contributed by atoms with Crippen molar-refractivity contribution in [1.29, 1.82) is 0 Å². The van der Waals surface area contributed by atoms with Crippen LogP contribution in [0.1, 0.15) is 5.56 Å². The van der Waals surface area contributed by atoms with Crippen LogP contribution in [0, 0.1) is 10.1 Å². The van der Waals surface area contributed by atoms with Gasteiger partial charge in [-0.2, -0.15) is 20.1 Å². The number of nitro benzene ring substituents is 1. The number of hydrogen-bond acceptors (Lipinski definition) is 11. The monoisotopic (exact) mass is 514 g/mol. The minimum absolute atomic E-state index is 0.188. The van der Waals surface area contributed by atoms with Crippen LogP contribution in [0.15, 0.2) is 52.0 Å². The van der Waals surface area contributed by atoms with Gasteiger partial charge in [-0.25, -0.2) is 5.43 Å². The molecule has 0 amide bonds. The van der Waals surface area contributed by atoms with E-state index in [0.29, 0.717) is 43.8 Å². The number of hydrogen-bond donors (Lipinski definition) is 3. The minimum Gasteiger partial charge on any atom is -0.502 e. The fourth-order valence-electron chi connectivity index (χ4n) is 3.00. The van der Waals surface area contributed by atoms with Crippen molar-refractivity contribution in [3.63, 3.8) is 0 Å². The number of aromatic hydroxyl groups is 1. The fourth-order valence-corrected chi connectivity index (χ4v) is 3.40. The predicted molar refractivity (Wildman–Crippen MR) is 126 cm³/mol. The van der Waals surface area contributed by atoms with E-state index in [0.717, 1.165) is 10.2 Å². The third-order valence-corrected chi connectivity index (χ3v) is 5.07. The highest BCUT2D eigenvalue weighted by Crippen LogP contribution is 2.26. The van der Waals surface area contributed by atoms with Crippen LogP contribution in [-0.4, -0.2) is 57.5 Å². The SMILES string of the molecule is O=[N+]([O-])c1cc(C=NNc2nc(Nc3cccc(Br)c3)nc(N3CCOCC3)n2)ccc1O. The summed E-state index contributed by atoms with van der Waals surface area (Å²) in [6.45, 7) is 2.42. The molecule has 3 aromatic rings. The van der Waals surface area contributed by atoms with Crippen LogP contribution in [0.2, 0.25) is 0 Å². The summed E-state index contributed by atoms with van der Waals surface area (Å²) in [7, 11) is 0. The maximum atomic E-state index is 11.0. The van der Waals surface area contributed by atoms with Gasteiger partial charge in [0.1, 0.15) is 0 Å². The summed E-state index contributed by atoms with van der Waals surface area (Å²) in [5.74, 6) is 0.556. The van der Waals surface area contributed by atoms with Crippen LogP contribution in [0.5, 0.6) is 5.75 Å². The van der Waals surface area contributed by atoms with Gasteiger partial charge in [-0.05, 0) is 30.3 Å². The highest BCUT2D eigenvalue weighted by molar-refractivity contribution is 9.10. The number of nitrogens with zero attached hydrogens (tertiary/aromatic N) is 6. The molecule has 0 aliphatic carbocycles. The third kappa shape index (κ3) is 5.90. The number of halogens is 1. The Morgan fingerprint density at radius 2 is 1.94 bits per heavy atom. The number of hydrazone groups is 1. The largest absolute Gasteiger partial charge is 0.502 e. The van der Waals surface area contributed by atoms with E-state index >= 15 is 0 Å². The van der Waals surface area contributed by atoms with E-state index in [4.69, 9.17) is 4.74 Å². The second-order valence-electron chi connectivity index (χ2n) is 6.89. The quantitative estimate of drug-likeness (QED) is 0.243. The van der Waals surface area contributed by atoms with Gasteiger partial charge in [0.05, 0.1) is 24.4 Å². The summed E-state index contributed by atoms with van der Waals surface area (Å²) in [6, 6.07) is 11.5. The summed E-state index contributed by atoms with van der Waals surface area (Å²) in [4.78, 5) is 25.6. The molecule has 0 bridgehead atoms. The van der Waals surface area contributed by atoms with E-state index in [1.54, 1.807) is 0 Å². The molecule has 170 valence electrons. The Hall–Kier alpha value is -3.84. The zero-order chi connectivity index (χ0) is 23.2. The van der Waals surface area contributed by atoms with Gasteiger partial charge < -0.3 is 20.1 Å². The predicted octanol–water partition coefficient (Wildman–Crippen LogP) is 3.27. The molecule has 0 spiro atoms. The maximum Gasteiger partial charge on any atom is 0.311 e. The number of aromatic nitrogens is 3. The molecule has 2 aromatic carbocycles. The maximum absolute atomic E-state index is 11.0. The van der Waals surface area contributed by atoms with Crippen molar-refractivity contribution in [2.75, 3.05) is 41.9 Å². The molecule has 13 heteroatoms. The minimum atomic E-state index is -0.666. The second-order valence-corrected chi connectivity index (χ2v) is 7.81. The highest BCUT2D eigenvalue weighted by atomic mass is 79.9. The summed E-state index contributed by atoms with van der Waals surface area (Å²) < 4.78 is 6.30. The van der Waals surface area contributed by atoms with Crippen molar-refractivity contribution in [2.24, 2.45) is 5.10 Å². The molecular formula is C20H19BrN8O4. The van der Waals surface area contributed by atoms with E-state index in [-0.39, 0.29) is 5.95 Å². The lowest BCUT2D eigenvalue weighted by Crippen LogP contribution is -2.37. The first-order chi connectivity index (χ1) is 16.0. The van der Waals surface area contributed by atoms with E-state index in [1.807, 2.05) is 29.2 Å². The molecule has 0 radical (unpaired) electrons. The number of anilines is 4. The van der Waals surface area contributed by atoms with E-state index in [2.05, 4.69) is 46.7 Å². The molecule has 1 aromatic heterocycles. The van der Waals surface area contributed by atoms with Crippen LogP contribution in [-0.2, 0) is 4.74 Å². The van der Waals surface area contributed by atoms with Crippen LogP contribution in [0.3, 0.4) is 0 Å². The first-order valence-corrected chi connectivity index (χ1v) is 10.6. The molecule has 0 saturated carbocycles. The Labute approximate surface area is 196 Å². The zero-order valence-corrected chi connectivity index (χ0v) is 18.8. The molecule has 0 atom stereocenters. The van der Waals surface area contributed by atoms with Gasteiger partial charge >= 0.3 is 5.69 Å². The average molecular weight is 515 g/mol. The number of rotatable bonds is 7. The number of phenolic OH excluding ortho intramolecular Hbond substituents is 1. The Morgan fingerprint density at radius 3 is 2.70 bits per heavy atom. The lowest BCUT2D eigenvalue weighted by atomic mass is 10.2. The molecule has 1 saturated heterocycles. The van der Waals surface area contributed by atoms with Crippen molar-refractivity contribution < 1.29 is 14.8 Å². The summed E-state index contributed by atoms with van der Waals surface area (Å²) in [5.41, 5.74) is 3.54. The van der Waals surface area contributed by atoms with Gasteiger partial charge in [-0.15, -0.1) is 0 Å². The van der Waals surface area contributed by atoms with Crippen molar-refractivity contribution in [2.45, 2.75) is 0 Å².